The Morgan fingerprint density at radius 2 is 0.705 bits per heavy atom. The molecule has 1 saturated heterocycles. The van der Waals surface area contributed by atoms with Gasteiger partial charge in [0.15, 0.2) is 0 Å². The van der Waals surface area contributed by atoms with E-state index in [2.05, 4.69) is 60.4 Å². The summed E-state index contributed by atoms with van der Waals surface area (Å²) in [6, 6.07) is 61.2. The zero-order valence-electron chi connectivity index (χ0n) is 68.7. The monoisotopic (exact) mass is 1620 g/mol. The van der Waals surface area contributed by atoms with Gasteiger partial charge in [-0.2, -0.15) is 0 Å². The first kappa shape index (κ1) is 82.0. The highest BCUT2D eigenvalue weighted by atomic mass is 16.5. The summed E-state index contributed by atoms with van der Waals surface area (Å²) in [5, 5.41) is 14.1. The van der Waals surface area contributed by atoms with E-state index in [1.54, 1.807) is 73.9 Å². The lowest BCUT2D eigenvalue weighted by Crippen LogP contribution is -2.28. The Morgan fingerprint density at radius 1 is 0.385 bits per heavy atom. The molecule has 1 aliphatic carbocycles. The van der Waals surface area contributed by atoms with Crippen molar-refractivity contribution in [2.45, 2.75) is 130 Å². The lowest BCUT2D eigenvalue weighted by atomic mass is 9.98. The van der Waals surface area contributed by atoms with Crippen LogP contribution >= 0.6 is 0 Å². The number of nitrogens with zero attached hydrogens (tertiary/aromatic N) is 15. The van der Waals surface area contributed by atoms with Crippen LogP contribution in [0.1, 0.15) is 144 Å². The summed E-state index contributed by atoms with van der Waals surface area (Å²) < 4.78 is 15.9. The van der Waals surface area contributed by atoms with Crippen molar-refractivity contribution in [1.29, 1.82) is 0 Å². The van der Waals surface area contributed by atoms with Crippen molar-refractivity contribution in [3.8, 4) is 50.4 Å². The summed E-state index contributed by atoms with van der Waals surface area (Å²) in [5.41, 5.74) is 9.36. The minimum Gasteiger partial charge on any atom is -0.381 e. The van der Waals surface area contributed by atoms with Gasteiger partial charge in [-0.25, -0.2) is 29.5 Å². The maximum absolute atomic E-state index is 14.5. The Kier molecular flexibility index (Phi) is 24.2. The molecular weight excluding hydrogens is 1530 g/mol. The van der Waals surface area contributed by atoms with Crippen molar-refractivity contribution < 1.29 is 4.74 Å². The summed E-state index contributed by atoms with van der Waals surface area (Å²) in [6.45, 7) is 38.9. The number of hydrogen-bond donors (Lipinski definition) is 3. The standard InChI is InChI=1S/C33H30N6O3.C33H30N6O2.C31H28N6O2/c1-21(36-32-28(34-3)19-35-22(2)37-32)29-18-23-8-7-11-27(31(23)33(41)39(29)26-9-5-4-6-10-26)24-12-13-30(40)38(20-24)25-14-16-42-17-15-25;1-21(36-32-28(34-3)19-35-22(2)37-32)29-18-23-10-9-15-27(31(23)33(41)39(29)26-13-5-4-6-14-26)24-16-17-30(40)38(20-24)25-11-7-8-12-25;1-19(2)36-18-23(14-15-28(36)38)25-13-9-10-22-16-27(20(3)34-30-26(32-5)17-33-21(4)35-30)37(31(39)29(22)25)24-11-7-6-8-12-24/h4-13,18-21,25H,14-17H2,1-2H3,(H,35,36,37);4-6,9-10,13-21,25H,7-8,11-12H2,1-2H3,(H,35,36,37);6-20H,1-4H3,(H,33,34,35)/t2*21-;20-/m000/s1. The number of ether oxygens (including phenoxy) is 1. The van der Waals surface area contributed by atoms with Crippen molar-refractivity contribution in [3.63, 3.8) is 0 Å². The molecule has 0 unspecified atom stereocenters. The van der Waals surface area contributed by atoms with Gasteiger partial charge in [-0.3, -0.25) is 57.4 Å². The SMILES string of the molecule is [C-]#[N+]c1cnc(C)nc1N[C@@H](C)c1cc2cccc(-c3ccc(=O)n(C(C)C)c3)c2c(=O)n1-c1ccccc1.[C-]#[N+]c1cnc(C)nc1N[C@@H](C)c1cc2cccc(-c3ccc(=O)n(C4CCCC4)c3)c2c(=O)n1-c1ccccc1.[C-]#[N+]c1cnc(C)nc1N[C@@H](C)c1cc2cccc(-c3ccc(=O)n(C4CCOCC4)c3)c2c(=O)n1-c1ccccc1. The van der Waals surface area contributed by atoms with Gasteiger partial charge in [-0.1, -0.05) is 122 Å². The fourth-order valence-electron chi connectivity index (χ4n) is 16.3. The van der Waals surface area contributed by atoms with Gasteiger partial charge in [-0.15, -0.1) is 0 Å². The van der Waals surface area contributed by atoms with Gasteiger partial charge >= 0.3 is 0 Å². The number of para-hydroxylation sites is 3. The third-order valence-electron chi connectivity index (χ3n) is 22.3. The van der Waals surface area contributed by atoms with Crippen molar-refractivity contribution in [2.24, 2.45) is 0 Å². The number of nitrogens with one attached hydrogen (secondary N) is 3. The summed E-state index contributed by atoms with van der Waals surface area (Å²) in [4.78, 5) is 118. The Hall–Kier alpha value is -15.1. The van der Waals surface area contributed by atoms with E-state index >= 15 is 0 Å². The number of benzene rings is 6. The first-order valence-corrected chi connectivity index (χ1v) is 40.6. The molecule has 1 saturated carbocycles. The Morgan fingerprint density at radius 3 is 1.03 bits per heavy atom. The molecule has 6 aromatic carbocycles. The number of anilines is 3. The number of pyridine rings is 6. The van der Waals surface area contributed by atoms with Crippen molar-refractivity contribution in [3.05, 3.63) is 368 Å². The molecule has 17 rings (SSSR count). The molecule has 0 radical (unpaired) electrons. The minimum atomic E-state index is -0.379. The number of rotatable bonds is 18. The predicted octanol–water partition coefficient (Wildman–Crippen LogP) is 19.0. The second-order valence-corrected chi connectivity index (χ2v) is 30.7. The molecule has 3 N–H and O–H groups in total. The highest BCUT2D eigenvalue weighted by Crippen LogP contribution is 2.38. The second-order valence-electron chi connectivity index (χ2n) is 30.7. The summed E-state index contributed by atoms with van der Waals surface area (Å²) in [5.74, 6) is 2.90. The van der Waals surface area contributed by atoms with E-state index in [9.17, 15) is 28.8 Å². The number of aryl methyl sites for hydroxylation is 3. The molecule has 0 amide bonds. The van der Waals surface area contributed by atoms with E-state index in [0.717, 1.165) is 122 Å². The van der Waals surface area contributed by atoms with E-state index in [4.69, 9.17) is 24.5 Å². The topological polar surface area (TPSA) is 268 Å². The number of aromatic nitrogens is 12. The van der Waals surface area contributed by atoms with Crippen LogP contribution in [0.25, 0.3) is 97.3 Å². The molecule has 122 heavy (non-hydrogen) atoms. The van der Waals surface area contributed by atoms with Crippen molar-refractivity contribution >= 4 is 66.8 Å². The minimum absolute atomic E-state index is 0.0106. The van der Waals surface area contributed by atoms with Gasteiger partial charge < -0.3 is 34.4 Å². The molecule has 2 aliphatic rings. The Balaban J connectivity index is 0.000000142. The van der Waals surface area contributed by atoms with E-state index < -0.39 is 0 Å². The van der Waals surface area contributed by atoms with Crippen molar-refractivity contribution in [1.82, 2.24) is 57.3 Å². The van der Waals surface area contributed by atoms with Gasteiger partial charge in [0.1, 0.15) is 34.9 Å². The molecule has 608 valence electrons. The number of hydrogen-bond acceptors (Lipinski definition) is 16. The average Bonchev–Trinajstić information content (AvgIpc) is 0.923. The fraction of sp³-hybridized carbons (Fsp3) is 0.227. The van der Waals surface area contributed by atoms with E-state index in [-0.39, 0.29) is 69.6 Å². The quantitative estimate of drug-likeness (QED) is 0.0674. The predicted molar refractivity (Wildman–Crippen MR) is 480 cm³/mol. The summed E-state index contributed by atoms with van der Waals surface area (Å²) in [6.07, 6.45) is 15.9. The largest absolute Gasteiger partial charge is 0.381 e. The van der Waals surface area contributed by atoms with Gasteiger partial charge in [0.25, 0.3) is 33.4 Å². The maximum Gasteiger partial charge on any atom is 0.263 e. The van der Waals surface area contributed by atoms with Crippen molar-refractivity contribution in [2.75, 3.05) is 29.2 Å². The van der Waals surface area contributed by atoms with Crippen LogP contribution in [0.15, 0.2) is 266 Å². The molecule has 0 bridgehead atoms. The first-order chi connectivity index (χ1) is 59.2. The third-order valence-corrected chi connectivity index (χ3v) is 22.3. The van der Waals surface area contributed by atoms with Crippen LogP contribution in [0.5, 0.6) is 0 Å². The molecule has 25 nitrogen and oxygen atoms in total. The smallest absolute Gasteiger partial charge is 0.263 e. The highest BCUT2D eigenvalue weighted by molar-refractivity contribution is 5.99. The van der Waals surface area contributed by atoms with Crippen LogP contribution in [-0.2, 0) is 4.74 Å². The molecule has 0 spiro atoms. The van der Waals surface area contributed by atoms with Crippen LogP contribution in [0, 0.1) is 40.5 Å². The van der Waals surface area contributed by atoms with Crippen LogP contribution in [0.4, 0.5) is 34.5 Å². The summed E-state index contributed by atoms with van der Waals surface area (Å²) in [7, 11) is 0. The molecule has 15 aromatic rings. The van der Waals surface area contributed by atoms with Crippen LogP contribution in [0.3, 0.4) is 0 Å². The molecule has 2 fully saturated rings. The van der Waals surface area contributed by atoms with Crippen LogP contribution < -0.4 is 49.3 Å². The van der Waals surface area contributed by atoms with Crippen LogP contribution in [0.2, 0.25) is 0 Å². The van der Waals surface area contributed by atoms with E-state index in [1.807, 2.05) is 228 Å². The average molecular weight is 1620 g/mol. The lowest BCUT2D eigenvalue weighted by molar-refractivity contribution is 0.0687. The van der Waals surface area contributed by atoms with E-state index in [1.165, 1.54) is 18.6 Å². The van der Waals surface area contributed by atoms with Gasteiger partial charge in [0, 0.05) is 121 Å². The van der Waals surface area contributed by atoms with E-state index in [0.29, 0.717) is 81.4 Å². The molecular formula is C97H88N18O7. The highest BCUT2D eigenvalue weighted by Gasteiger charge is 2.27. The Labute approximate surface area is 703 Å². The molecule has 10 heterocycles. The third kappa shape index (κ3) is 17.0. The molecule has 3 atom stereocenters. The fourth-order valence-corrected chi connectivity index (χ4v) is 16.3. The van der Waals surface area contributed by atoms with Crippen LogP contribution in [-0.4, -0.2) is 70.5 Å². The summed E-state index contributed by atoms with van der Waals surface area (Å²) >= 11 is 0. The number of fused-ring (bicyclic) bond motifs is 3. The zero-order valence-corrected chi connectivity index (χ0v) is 68.7. The zero-order chi connectivity index (χ0) is 85.4. The second kappa shape index (κ2) is 36.0. The molecule has 25 heteroatoms. The first-order valence-electron chi connectivity index (χ1n) is 40.6. The van der Waals surface area contributed by atoms with Gasteiger partial charge in [0.2, 0.25) is 17.1 Å². The normalized spacial score (nSPS) is 13.5. The molecule has 9 aromatic heterocycles. The Bertz CT molecular complexity index is 7030. The van der Waals surface area contributed by atoms with Gasteiger partial charge in [-0.05, 0) is 203 Å². The lowest BCUT2D eigenvalue weighted by Gasteiger charge is -2.25. The maximum atomic E-state index is 14.5. The molecule has 1 aliphatic heterocycles. The van der Waals surface area contributed by atoms with Gasteiger partial charge in [0.05, 0.1) is 54.0 Å².